The molecule has 0 aromatic carbocycles. The zero-order chi connectivity index (χ0) is 15.3. The fourth-order valence-corrected chi connectivity index (χ4v) is 2.98. The predicted molar refractivity (Wildman–Crippen MR) is 90.4 cm³/mol. The summed E-state index contributed by atoms with van der Waals surface area (Å²) in [5.74, 6) is 0.814. The van der Waals surface area contributed by atoms with E-state index in [2.05, 4.69) is 24.4 Å². The van der Waals surface area contributed by atoms with Crippen molar-refractivity contribution >= 4 is 11.6 Å². The summed E-state index contributed by atoms with van der Waals surface area (Å²) in [4.78, 5) is 11.7. The van der Waals surface area contributed by atoms with Gasteiger partial charge in [0.2, 0.25) is 5.91 Å². The molecule has 3 heteroatoms. The third-order valence-electron chi connectivity index (χ3n) is 4.34. The minimum atomic E-state index is 0.0895. The van der Waals surface area contributed by atoms with E-state index >= 15 is 0 Å². The van der Waals surface area contributed by atoms with Crippen LogP contribution in [0.4, 0.5) is 0 Å². The summed E-state index contributed by atoms with van der Waals surface area (Å²) in [6.07, 6.45) is 15.4. The molecule has 0 saturated heterocycles. The van der Waals surface area contributed by atoms with Crippen molar-refractivity contribution in [2.24, 2.45) is 11.0 Å². The maximum atomic E-state index is 11.7. The number of carbonyl (C=O) groups excluding carboxylic acids is 1. The van der Waals surface area contributed by atoms with Crippen LogP contribution in [-0.2, 0) is 4.79 Å². The molecular weight excluding hydrogens is 260 g/mol. The number of carbonyl (C=O) groups is 1. The lowest BCUT2D eigenvalue weighted by Gasteiger charge is -2.18. The highest BCUT2D eigenvalue weighted by molar-refractivity contribution is 5.87. The van der Waals surface area contributed by atoms with Gasteiger partial charge in [0.25, 0.3) is 0 Å². The number of hydrogen-bond acceptors (Lipinski definition) is 2. The molecule has 0 heterocycles. The zero-order valence-electron chi connectivity index (χ0n) is 14.1. The summed E-state index contributed by atoms with van der Waals surface area (Å²) in [5.41, 5.74) is 3.92. The largest absolute Gasteiger partial charge is 0.273 e. The van der Waals surface area contributed by atoms with Crippen LogP contribution < -0.4 is 5.43 Å². The Bertz CT molecular complexity index is 312. The van der Waals surface area contributed by atoms with E-state index in [1.54, 1.807) is 0 Å². The van der Waals surface area contributed by atoms with Gasteiger partial charge in [-0.3, -0.25) is 4.79 Å². The molecule has 3 nitrogen and oxygen atoms in total. The van der Waals surface area contributed by atoms with Gasteiger partial charge in [-0.2, -0.15) is 5.10 Å². The summed E-state index contributed by atoms with van der Waals surface area (Å²) >= 11 is 0. The Labute approximate surface area is 131 Å². The Kier molecular flexibility index (Phi) is 10.2. The second-order valence-corrected chi connectivity index (χ2v) is 6.64. The molecule has 122 valence electrons. The van der Waals surface area contributed by atoms with Crippen molar-refractivity contribution in [3.8, 4) is 0 Å². The van der Waals surface area contributed by atoms with Crippen molar-refractivity contribution in [3.63, 3.8) is 0 Å². The van der Waals surface area contributed by atoms with Crippen molar-refractivity contribution in [2.75, 3.05) is 0 Å². The van der Waals surface area contributed by atoms with Crippen molar-refractivity contribution in [1.82, 2.24) is 5.43 Å². The molecule has 0 aliphatic heterocycles. The first-order valence-corrected chi connectivity index (χ1v) is 9.06. The molecule has 21 heavy (non-hydrogen) atoms. The fourth-order valence-electron chi connectivity index (χ4n) is 2.98. The average molecular weight is 294 g/mol. The highest BCUT2D eigenvalue weighted by Gasteiger charge is 2.14. The van der Waals surface area contributed by atoms with E-state index in [0.29, 0.717) is 6.42 Å². The van der Waals surface area contributed by atoms with Crippen molar-refractivity contribution in [1.29, 1.82) is 0 Å². The normalized spacial score (nSPS) is 20.7. The van der Waals surface area contributed by atoms with Gasteiger partial charge in [0.05, 0.1) is 0 Å². The first-order chi connectivity index (χ1) is 10.2. The third-order valence-corrected chi connectivity index (χ3v) is 4.34. The number of nitrogens with zero attached hydrogens (tertiary/aromatic N) is 1. The lowest BCUT2D eigenvalue weighted by Crippen LogP contribution is -2.21. The quantitative estimate of drug-likeness (QED) is 0.436. The lowest BCUT2D eigenvalue weighted by atomic mass is 9.89. The summed E-state index contributed by atoms with van der Waals surface area (Å²) in [5, 5.41) is 4.30. The lowest BCUT2D eigenvalue weighted by molar-refractivity contribution is -0.121. The number of amides is 1. The summed E-state index contributed by atoms with van der Waals surface area (Å²) in [6, 6.07) is 0. The van der Waals surface area contributed by atoms with Crippen LogP contribution in [0.2, 0.25) is 0 Å². The maximum Gasteiger partial charge on any atom is 0.240 e. The number of nitrogens with one attached hydrogen (secondary N) is 1. The van der Waals surface area contributed by atoms with Gasteiger partial charge in [0.15, 0.2) is 0 Å². The molecular formula is C18H34N2O. The number of unbranched alkanes of at least 4 members (excludes halogenated alkanes) is 7. The van der Waals surface area contributed by atoms with Crippen LogP contribution in [0.25, 0.3) is 0 Å². The molecule has 0 aromatic rings. The van der Waals surface area contributed by atoms with Gasteiger partial charge >= 0.3 is 0 Å². The molecule has 0 radical (unpaired) electrons. The van der Waals surface area contributed by atoms with E-state index < -0.39 is 0 Å². The van der Waals surface area contributed by atoms with Gasteiger partial charge in [-0.1, -0.05) is 58.8 Å². The molecule has 1 aliphatic carbocycles. The molecule has 1 rings (SSSR count). The molecule has 1 unspecified atom stereocenters. The highest BCUT2D eigenvalue weighted by Crippen LogP contribution is 2.20. The Hall–Kier alpha value is -0.860. The van der Waals surface area contributed by atoms with Crippen molar-refractivity contribution in [3.05, 3.63) is 0 Å². The van der Waals surface area contributed by atoms with Crippen LogP contribution in [0.3, 0.4) is 0 Å². The summed E-state index contributed by atoms with van der Waals surface area (Å²) in [6.45, 7) is 4.51. The van der Waals surface area contributed by atoms with E-state index in [1.807, 2.05) is 0 Å². The second kappa shape index (κ2) is 11.8. The Morgan fingerprint density at radius 3 is 2.48 bits per heavy atom. The standard InChI is InChI=1S/C18H34N2O/c1-3-4-5-6-7-8-9-10-14-18(21)20-19-17-13-11-12-16(2)15-17/h16H,3-15H2,1-2H3,(H,20,21). The van der Waals surface area contributed by atoms with Crippen molar-refractivity contribution < 1.29 is 4.79 Å². The predicted octanol–water partition coefficient (Wildman–Crippen LogP) is 5.20. The molecule has 1 fully saturated rings. The first-order valence-electron chi connectivity index (χ1n) is 9.06. The molecule has 0 aromatic heterocycles. The van der Waals surface area contributed by atoms with E-state index in [9.17, 15) is 4.79 Å². The molecule has 1 atom stereocenters. The third kappa shape index (κ3) is 9.65. The van der Waals surface area contributed by atoms with Crippen LogP contribution in [0.15, 0.2) is 5.10 Å². The average Bonchev–Trinajstić information content (AvgIpc) is 2.48. The van der Waals surface area contributed by atoms with Gasteiger partial charge in [-0.15, -0.1) is 0 Å². The Morgan fingerprint density at radius 2 is 1.81 bits per heavy atom. The number of hydrazone groups is 1. The molecule has 1 N–H and O–H groups in total. The SMILES string of the molecule is CCCCCCCCCCC(=O)NN=C1CCCC(C)C1. The maximum absolute atomic E-state index is 11.7. The van der Waals surface area contributed by atoms with Crippen LogP contribution in [-0.4, -0.2) is 11.6 Å². The van der Waals surface area contributed by atoms with Crippen LogP contribution in [0.1, 0.15) is 97.3 Å². The fraction of sp³-hybridized carbons (Fsp3) is 0.889. The summed E-state index contributed by atoms with van der Waals surface area (Å²) < 4.78 is 0. The number of rotatable bonds is 10. The van der Waals surface area contributed by atoms with Gasteiger partial charge in [0, 0.05) is 12.1 Å². The monoisotopic (exact) mass is 294 g/mol. The van der Waals surface area contributed by atoms with Gasteiger partial charge < -0.3 is 0 Å². The van der Waals surface area contributed by atoms with E-state index in [1.165, 1.54) is 63.5 Å². The highest BCUT2D eigenvalue weighted by atomic mass is 16.2. The minimum absolute atomic E-state index is 0.0895. The van der Waals surface area contributed by atoms with Gasteiger partial charge in [-0.05, 0) is 38.0 Å². The van der Waals surface area contributed by atoms with Gasteiger partial charge in [0.1, 0.15) is 0 Å². The Balaban J connectivity index is 1.97. The topological polar surface area (TPSA) is 41.5 Å². The smallest absolute Gasteiger partial charge is 0.240 e. The Morgan fingerprint density at radius 1 is 1.14 bits per heavy atom. The molecule has 0 spiro atoms. The van der Waals surface area contributed by atoms with E-state index in [0.717, 1.165) is 25.2 Å². The minimum Gasteiger partial charge on any atom is -0.273 e. The summed E-state index contributed by atoms with van der Waals surface area (Å²) in [7, 11) is 0. The van der Waals surface area contributed by atoms with Gasteiger partial charge in [-0.25, -0.2) is 5.43 Å². The van der Waals surface area contributed by atoms with Crippen LogP contribution in [0.5, 0.6) is 0 Å². The second-order valence-electron chi connectivity index (χ2n) is 6.64. The molecule has 1 aliphatic rings. The molecule has 1 amide bonds. The van der Waals surface area contributed by atoms with E-state index in [-0.39, 0.29) is 5.91 Å². The van der Waals surface area contributed by atoms with E-state index in [4.69, 9.17) is 0 Å². The van der Waals surface area contributed by atoms with Crippen LogP contribution in [0, 0.1) is 5.92 Å². The van der Waals surface area contributed by atoms with Crippen molar-refractivity contribution in [2.45, 2.75) is 97.3 Å². The first kappa shape index (κ1) is 18.2. The van der Waals surface area contributed by atoms with Crippen LogP contribution >= 0.6 is 0 Å². The zero-order valence-corrected chi connectivity index (χ0v) is 14.1. The molecule has 0 bridgehead atoms. The number of hydrogen-bond donors (Lipinski definition) is 1. The molecule has 1 saturated carbocycles.